The molecule has 1 atom stereocenters. The monoisotopic (exact) mass is 760 g/mol. The quantitative estimate of drug-likeness (QED) is 0.0449. The van der Waals surface area contributed by atoms with Crippen LogP contribution in [-0.4, -0.2) is 55.8 Å². The molecular weight excluding hydrogens is 712 g/mol. The summed E-state index contributed by atoms with van der Waals surface area (Å²) in [4.78, 5) is 12.6. The van der Waals surface area contributed by atoms with Gasteiger partial charge in [0.1, 0.15) is 17.7 Å². The van der Waals surface area contributed by atoms with Gasteiger partial charge in [-0.1, -0.05) is 55.5 Å². The Morgan fingerprint density at radius 2 is 1.26 bits per heavy atom. The highest BCUT2D eigenvalue weighted by atomic mass is 35.5. The van der Waals surface area contributed by atoms with E-state index >= 15 is 0 Å². The number of carbonyl (C=O) groups is 1. The van der Waals surface area contributed by atoms with Gasteiger partial charge in [0.2, 0.25) is 5.75 Å². The van der Waals surface area contributed by atoms with Crippen molar-refractivity contribution in [3.05, 3.63) is 105 Å². The largest absolute Gasteiger partial charge is 0.496 e. The first-order valence-corrected chi connectivity index (χ1v) is 18.4. The fourth-order valence-corrected chi connectivity index (χ4v) is 6.54. The average Bonchev–Trinajstić information content (AvgIpc) is 3.20. The van der Waals surface area contributed by atoms with Crippen molar-refractivity contribution in [3.63, 3.8) is 0 Å². The lowest BCUT2D eigenvalue weighted by molar-refractivity contribution is 0.0935. The number of benzene rings is 4. The summed E-state index contributed by atoms with van der Waals surface area (Å²) in [6.07, 6.45) is 9.29. The van der Waals surface area contributed by atoms with Crippen molar-refractivity contribution in [1.82, 2.24) is 5.32 Å². The van der Waals surface area contributed by atoms with E-state index in [-0.39, 0.29) is 25.7 Å². The second kappa shape index (κ2) is 19.9. The van der Waals surface area contributed by atoms with Crippen molar-refractivity contribution in [2.45, 2.75) is 64.5 Å². The van der Waals surface area contributed by atoms with Crippen LogP contribution in [0.2, 0.25) is 5.02 Å². The van der Waals surface area contributed by atoms with Crippen LogP contribution in [0.25, 0.3) is 12.2 Å². The standard InChI is InChI=1S/C42H49ClN2O9/c1-50-37-19-27(18-30(24-46)34(37)26-48)10-11-28-20-38(51-2)40(39(21-28)52-3)54-17-9-7-5-4-6-8-16-53-36-15-12-29(22-31(36)25-47)41-44-35-14-13-32(43)23-33(35)42(49)45-41/h10-15,18-23,41,44,46-48H,4-9,16-17,24-26H2,1-3H3,(H,45,49)/b11-10-. The minimum absolute atomic E-state index is 0.179. The minimum atomic E-state index is -0.440. The van der Waals surface area contributed by atoms with Gasteiger partial charge in [0, 0.05) is 21.8 Å². The molecule has 0 radical (unpaired) electrons. The van der Waals surface area contributed by atoms with Crippen molar-refractivity contribution in [1.29, 1.82) is 0 Å². The Kier molecular flexibility index (Phi) is 14.9. The van der Waals surface area contributed by atoms with Crippen LogP contribution < -0.4 is 34.3 Å². The van der Waals surface area contributed by atoms with Gasteiger partial charge in [0.05, 0.1) is 59.9 Å². The van der Waals surface area contributed by atoms with Crippen molar-refractivity contribution in [2.24, 2.45) is 0 Å². The number of methoxy groups -OCH3 is 3. The first-order valence-electron chi connectivity index (χ1n) is 18.0. The molecule has 11 nitrogen and oxygen atoms in total. The van der Waals surface area contributed by atoms with E-state index in [1.807, 2.05) is 54.6 Å². The first kappa shape index (κ1) is 40.2. The van der Waals surface area contributed by atoms with Crippen LogP contribution in [0.5, 0.6) is 28.7 Å². The molecule has 0 bridgehead atoms. The van der Waals surface area contributed by atoms with Crippen LogP contribution in [-0.2, 0) is 19.8 Å². The van der Waals surface area contributed by atoms with Crippen molar-refractivity contribution < 1.29 is 43.8 Å². The van der Waals surface area contributed by atoms with Gasteiger partial charge in [0.15, 0.2) is 11.5 Å². The van der Waals surface area contributed by atoms with Gasteiger partial charge in [-0.25, -0.2) is 0 Å². The fourth-order valence-electron chi connectivity index (χ4n) is 6.36. The fraction of sp³-hybridized carbons (Fsp3) is 0.357. The lowest BCUT2D eigenvalue weighted by Crippen LogP contribution is -2.38. The number of unbranched alkanes of at least 4 members (excludes halogenated alkanes) is 5. The average molecular weight is 761 g/mol. The number of hydrogen-bond acceptors (Lipinski definition) is 10. The summed E-state index contributed by atoms with van der Waals surface area (Å²) in [6.45, 7) is 0.448. The summed E-state index contributed by atoms with van der Waals surface area (Å²) in [7, 11) is 4.72. The molecule has 0 spiro atoms. The van der Waals surface area contributed by atoms with Crippen molar-refractivity contribution >= 4 is 35.3 Å². The van der Waals surface area contributed by atoms with Gasteiger partial charge in [0.25, 0.3) is 5.91 Å². The predicted octanol–water partition coefficient (Wildman–Crippen LogP) is 7.67. The number of halogens is 1. The molecule has 4 aromatic carbocycles. The third kappa shape index (κ3) is 10.2. The van der Waals surface area contributed by atoms with Gasteiger partial charge in [-0.05, 0) is 89.7 Å². The van der Waals surface area contributed by atoms with Crippen LogP contribution in [0.15, 0.2) is 60.7 Å². The summed E-state index contributed by atoms with van der Waals surface area (Å²) < 4.78 is 28.9. The molecule has 0 saturated carbocycles. The molecule has 0 saturated heterocycles. The topological polar surface area (TPSA) is 148 Å². The number of fused-ring (bicyclic) bond motifs is 1. The Labute approximate surface area is 321 Å². The Morgan fingerprint density at radius 3 is 1.89 bits per heavy atom. The number of anilines is 1. The molecule has 54 heavy (non-hydrogen) atoms. The van der Waals surface area contributed by atoms with Crippen LogP contribution in [0, 0.1) is 0 Å². The zero-order valence-electron chi connectivity index (χ0n) is 31.0. The maximum atomic E-state index is 12.6. The van der Waals surface area contributed by atoms with Gasteiger partial charge >= 0.3 is 0 Å². The molecular formula is C42H49ClN2O9. The SMILES string of the molecule is COc1cc(/C=C\c2cc(OC)c(OCCCCCCCCOc3ccc(C4NC(=O)c5cc(Cl)ccc5N4)cc3CO)c(OC)c2)cc(CO)c1CO. The summed E-state index contributed by atoms with van der Waals surface area (Å²) in [6, 6.07) is 18.1. The molecule has 12 heteroatoms. The highest BCUT2D eigenvalue weighted by molar-refractivity contribution is 6.31. The van der Waals surface area contributed by atoms with Crippen LogP contribution in [0.4, 0.5) is 5.69 Å². The Morgan fingerprint density at radius 1 is 0.648 bits per heavy atom. The molecule has 1 heterocycles. The molecule has 1 unspecified atom stereocenters. The van der Waals surface area contributed by atoms with Gasteiger partial charge in [-0.2, -0.15) is 0 Å². The third-order valence-electron chi connectivity index (χ3n) is 9.26. The summed E-state index contributed by atoms with van der Waals surface area (Å²) in [5.74, 6) is 2.61. The van der Waals surface area contributed by atoms with Crippen molar-refractivity contribution in [3.8, 4) is 28.7 Å². The van der Waals surface area contributed by atoms with E-state index in [0.717, 1.165) is 55.2 Å². The molecule has 1 aliphatic rings. The smallest absolute Gasteiger partial charge is 0.255 e. The number of nitrogens with one attached hydrogen (secondary N) is 2. The van der Waals surface area contributed by atoms with Crippen molar-refractivity contribution in [2.75, 3.05) is 39.9 Å². The minimum Gasteiger partial charge on any atom is -0.496 e. The zero-order chi connectivity index (χ0) is 38.5. The highest BCUT2D eigenvalue weighted by Crippen LogP contribution is 2.39. The van der Waals surface area contributed by atoms with Gasteiger partial charge in [-0.15, -0.1) is 0 Å². The lowest BCUT2D eigenvalue weighted by Gasteiger charge is -2.28. The number of rotatable bonds is 20. The van der Waals surface area contributed by atoms with Crippen LogP contribution >= 0.6 is 11.6 Å². The number of ether oxygens (including phenoxy) is 5. The van der Waals surface area contributed by atoms with E-state index < -0.39 is 6.17 Å². The summed E-state index contributed by atoms with van der Waals surface area (Å²) in [5, 5.41) is 36.2. The Hall–Kier alpha value is -4.94. The normalized spacial score (nSPS) is 13.6. The maximum absolute atomic E-state index is 12.6. The Bertz CT molecular complexity index is 1870. The van der Waals surface area contributed by atoms with E-state index in [1.165, 1.54) is 7.11 Å². The predicted molar refractivity (Wildman–Crippen MR) is 210 cm³/mol. The molecule has 5 rings (SSSR count). The second-order valence-corrected chi connectivity index (χ2v) is 13.3. The van der Waals surface area contributed by atoms with E-state index in [1.54, 1.807) is 32.4 Å². The van der Waals surface area contributed by atoms with E-state index in [2.05, 4.69) is 10.6 Å². The molecule has 1 amide bonds. The molecule has 0 fully saturated rings. The zero-order valence-corrected chi connectivity index (χ0v) is 31.7. The third-order valence-corrected chi connectivity index (χ3v) is 9.49. The number of aliphatic hydroxyl groups is 3. The maximum Gasteiger partial charge on any atom is 0.255 e. The molecule has 0 aliphatic carbocycles. The Balaban J connectivity index is 1.03. The van der Waals surface area contributed by atoms with Gasteiger partial charge < -0.3 is 49.6 Å². The van der Waals surface area contributed by atoms with E-state index in [4.69, 9.17) is 35.3 Å². The molecule has 0 aromatic heterocycles. The summed E-state index contributed by atoms with van der Waals surface area (Å²) in [5.41, 5.74) is 5.48. The molecule has 288 valence electrons. The lowest BCUT2D eigenvalue weighted by atomic mass is 10.0. The molecule has 1 aliphatic heterocycles. The number of amides is 1. The first-order chi connectivity index (χ1) is 26.3. The number of aliphatic hydroxyl groups excluding tert-OH is 3. The van der Waals surface area contributed by atoms with E-state index in [0.29, 0.717) is 74.9 Å². The van der Waals surface area contributed by atoms with Crippen LogP contribution in [0.3, 0.4) is 0 Å². The summed E-state index contributed by atoms with van der Waals surface area (Å²) >= 11 is 6.05. The number of carbonyl (C=O) groups excluding carboxylic acids is 1. The number of hydrogen-bond donors (Lipinski definition) is 5. The van der Waals surface area contributed by atoms with E-state index in [9.17, 15) is 20.1 Å². The van der Waals surface area contributed by atoms with Crippen LogP contribution in [0.1, 0.15) is 88.4 Å². The second-order valence-electron chi connectivity index (χ2n) is 12.8. The molecule has 4 aromatic rings. The highest BCUT2D eigenvalue weighted by Gasteiger charge is 2.25. The van der Waals surface area contributed by atoms with Gasteiger partial charge in [-0.3, -0.25) is 4.79 Å². The molecule has 5 N–H and O–H groups in total.